The van der Waals surface area contributed by atoms with Crippen molar-refractivity contribution in [3.8, 4) is 0 Å². The molecule has 0 aliphatic heterocycles. The Labute approximate surface area is 120 Å². The van der Waals surface area contributed by atoms with Gasteiger partial charge in [-0.15, -0.1) is 0 Å². The van der Waals surface area contributed by atoms with Gasteiger partial charge in [0.05, 0.1) is 18.2 Å². The summed E-state index contributed by atoms with van der Waals surface area (Å²) >= 11 is 0. The summed E-state index contributed by atoms with van der Waals surface area (Å²) in [5.41, 5.74) is 5.86. The Hall–Kier alpha value is -2.47. The maximum Gasteiger partial charge on any atom is 0.254 e. The summed E-state index contributed by atoms with van der Waals surface area (Å²) in [6.45, 7) is -0.334. The van der Waals surface area contributed by atoms with Crippen LogP contribution in [0, 0.1) is 11.6 Å². The van der Waals surface area contributed by atoms with Crippen LogP contribution in [0.4, 0.5) is 14.5 Å². The van der Waals surface area contributed by atoms with Gasteiger partial charge in [-0.2, -0.15) is 0 Å². The van der Waals surface area contributed by atoms with Crippen molar-refractivity contribution in [3.63, 3.8) is 0 Å². The third kappa shape index (κ3) is 3.35. The van der Waals surface area contributed by atoms with Crippen LogP contribution in [0.3, 0.4) is 0 Å². The number of nitrogens with two attached hydrogens (primary N) is 1. The van der Waals surface area contributed by atoms with Gasteiger partial charge in [0.15, 0.2) is 11.6 Å². The van der Waals surface area contributed by atoms with Crippen LogP contribution >= 0.6 is 0 Å². The molecule has 0 radical (unpaired) electrons. The number of anilines is 1. The summed E-state index contributed by atoms with van der Waals surface area (Å²) in [6, 6.07) is 9.61. The maximum atomic E-state index is 13.2. The summed E-state index contributed by atoms with van der Waals surface area (Å²) < 4.78 is 26.2. The van der Waals surface area contributed by atoms with Gasteiger partial charge in [-0.1, -0.05) is 30.3 Å². The number of carbonyl (C=O) groups excluding carboxylic acids is 1. The van der Waals surface area contributed by atoms with Crippen molar-refractivity contribution in [1.29, 1.82) is 0 Å². The van der Waals surface area contributed by atoms with E-state index in [-0.39, 0.29) is 17.9 Å². The molecular formula is C15H14F2N2O2. The van der Waals surface area contributed by atoms with Gasteiger partial charge in [0.25, 0.3) is 5.91 Å². The number of aliphatic hydroxyl groups excluding tert-OH is 1. The number of amides is 1. The van der Waals surface area contributed by atoms with E-state index in [1.54, 1.807) is 30.3 Å². The molecule has 0 aliphatic carbocycles. The van der Waals surface area contributed by atoms with E-state index in [1.807, 2.05) is 0 Å². The Kier molecular flexibility index (Phi) is 4.49. The van der Waals surface area contributed by atoms with Gasteiger partial charge in [0, 0.05) is 11.8 Å². The minimum Gasteiger partial charge on any atom is -0.398 e. The number of nitrogens with one attached hydrogen (secondary N) is 1. The smallest absolute Gasteiger partial charge is 0.254 e. The zero-order valence-corrected chi connectivity index (χ0v) is 11.0. The van der Waals surface area contributed by atoms with Gasteiger partial charge < -0.3 is 16.2 Å². The summed E-state index contributed by atoms with van der Waals surface area (Å²) in [5.74, 6) is -2.96. The van der Waals surface area contributed by atoms with Crippen LogP contribution in [0.1, 0.15) is 22.0 Å². The molecule has 0 spiro atoms. The lowest BCUT2D eigenvalue weighted by atomic mass is 10.1. The molecule has 0 saturated heterocycles. The van der Waals surface area contributed by atoms with Crippen LogP contribution in [0.25, 0.3) is 0 Å². The fourth-order valence-electron chi connectivity index (χ4n) is 1.91. The fraction of sp³-hybridized carbons (Fsp3) is 0.133. The molecule has 0 bridgehead atoms. The SMILES string of the molecule is Nc1cc(F)c(F)cc1C(=O)N[C@H](CO)c1ccccc1. The number of nitrogen functional groups attached to an aromatic ring is 1. The zero-order chi connectivity index (χ0) is 15.4. The first-order chi connectivity index (χ1) is 10.0. The lowest BCUT2D eigenvalue weighted by Gasteiger charge is -2.17. The van der Waals surface area contributed by atoms with Crippen LogP contribution in [0.2, 0.25) is 0 Å². The van der Waals surface area contributed by atoms with Crippen molar-refractivity contribution in [2.45, 2.75) is 6.04 Å². The predicted molar refractivity (Wildman–Crippen MR) is 74.5 cm³/mol. The highest BCUT2D eigenvalue weighted by Gasteiger charge is 2.18. The molecule has 1 atom stereocenters. The second kappa shape index (κ2) is 6.32. The van der Waals surface area contributed by atoms with E-state index in [0.29, 0.717) is 5.56 Å². The Balaban J connectivity index is 2.23. The van der Waals surface area contributed by atoms with Crippen molar-refractivity contribution in [2.24, 2.45) is 0 Å². The van der Waals surface area contributed by atoms with Crippen molar-refractivity contribution < 1.29 is 18.7 Å². The first kappa shape index (κ1) is 14.9. The van der Waals surface area contributed by atoms with Crippen LogP contribution in [-0.4, -0.2) is 17.6 Å². The lowest BCUT2D eigenvalue weighted by molar-refractivity contribution is 0.0916. The van der Waals surface area contributed by atoms with Crippen LogP contribution in [0.15, 0.2) is 42.5 Å². The number of benzene rings is 2. The molecule has 2 rings (SSSR count). The number of halogens is 2. The molecular weight excluding hydrogens is 278 g/mol. The first-order valence-electron chi connectivity index (χ1n) is 6.24. The largest absolute Gasteiger partial charge is 0.398 e. The highest BCUT2D eigenvalue weighted by molar-refractivity contribution is 5.99. The highest BCUT2D eigenvalue weighted by Crippen LogP contribution is 2.19. The third-order valence-electron chi connectivity index (χ3n) is 3.03. The predicted octanol–water partition coefficient (Wildman–Crippen LogP) is 2.01. The highest BCUT2D eigenvalue weighted by atomic mass is 19.2. The molecule has 0 aliphatic rings. The number of aliphatic hydroxyl groups is 1. The van der Waals surface area contributed by atoms with Crippen molar-refractivity contribution in [3.05, 3.63) is 65.2 Å². The number of hydrogen-bond donors (Lipinski definition) is 3. The minimum absolute atomic E-state index is 0.170. The van der Waals surface area contributed by atoms with Crippen LogP contribution < -0.4 is 11.1 Å². The first-order valence-corrected chi connectivity index (χ1v) is 6.24. The van der Waals surface area contributed by atoms with Crippen molar-refractivity contribution in [2.75, 3.05) is 12.3 Å². The summed E-state index contributed by atoms with van der Waals surface area (Å²) in [6.07, 6.45) is 0. The van der Waals surface area contributed by atoms with Gasteiger partial charge in [0.1, 0.15) is 0 Å². The summed E-state index contributed by atoms with van der Waals surface area (Å²) in [4.78, 5) is 12.1. The van der Waals surface area contributed by atoms with Gasteiger partial charge in [-0.3, -0.25) is 4.79 Å². The molecule has 21 heavy (non-hydrogen) atoms. The molecule has 4 nitrogen and oxygen atoms in total. The average Bonchev–Trinajstić information content (AvgIpc) is 2.49. The molecule has 2 aromatic rings. The Bertz CT molecular complexity index is 648. The fourth-order valence-corrected chi connectivity index (χ4v) is 1.91. The quantitative estimate of drug-likeness (QED) is 0.755. The molecule has 4 N–H and O–H groups in total. The van der Waals surface area contributed by atoms with E-state index in [1.165, 1.54) is 0 Å². The van der Waals surface area contributed by atoms with Gasteiger partial charge in [-0.25, -0.2) is 8.78 Å². The molecule has 0 saturated carbocycles. The maximum absolute atomic E-state index is 13.2. The topological polar surface area (TPSA) is 75.4 Å². The zero-order valence-electron chi connectivity index (χ0n) is 11.0. The Morgan fingerprint density at radius 2 is 1.81 bits per heavy atom. The molecule has 110 valence electrons. The molecule has 1 amide bonds. The Morgan fingerprint density at radius 1 is 1.19 bits per heavy atom. The minimum atomic E-state index is -1.16. The number of rotatable bonds is 4. The third-order valence-corrected chi connectivity index (χ3v) is 3.03. The van der Waals surface area contributed by atoms with E-state index in [4.69, 9.17) is 5.73 Å². The van der Waals surface area contributed by atoms with E-state index in [2.05, 4.69) is 5.32 Å². The van der Waals surface area contributed by atoms with Crippen molar-refractivity contribution >= 4 is 11.6 Å². The summed E-state index contributed by atoms with van der Waals surface area (Å²) in [7, 11) is 0. The van der Waals surface area contributed by atoms with Crippen LogP contribution in [-0.2, 0) is 0 Å². The molecule has 2 aromatic carbocycles. The van der Waals surface area contributed by atoms with E-state index in [0.717, 1.165) is 12.1 Å². The van der Waals surface area contributed by atoms with Gasteiger partial charge in [-0.05, 0) is 11.6 Å². The second-order valence-electron chi connectivity index (χ2n) is 4.47. The number of carbonyl (C=O) groups is 1. The molecule has 0 aromatic heterocycles. The van der Waals surface area contributed by atoms with Crippen molar-refractivity contribution in [1.82, 2.24) is 5.32 Å². The molecule has 6 heteroatoms. The van der Waals surface area contributed by atoms with E-state index < -0.39 is 23.6 Å². The second-order valence-corrected chi connectivity index (χ2v) is 4.47. The van der Waals surface area contributed by atoms with Gasteiger partial charge >= 0.3 is 0 Å². The monoisotopic (exact) mass is 292 g/mol. The van der Waals surface area contributed by atoms with Gasteiger partial charge in [0.2, 0.25) is 0 Å². The van der Waals surface area contributed by atoms with E-state index in [9.17, 15) is 18.7 Å². The molecule has 0 unspecified atom stereocenters. The average molecular weight is 292 g/mol. The van der Waals surface area contributed by atoms with Crippen LogP contribution in [0.5, 0.6) is 0 Å². The number of hydrogen-bond acceptors (Lipinski definition) is 3. The Morgan fingerprint density at radius 3 is 2.43 bits per heavy atom. The normalized spacial score (nSPS) is 12.0. The standard InChI is InChI=1S/C15H14F2N2O2/c16-11-6-10(13(18)7-12(11)17)15(21)19-14(8-20)9-4-2-1-3-5-9/h1-7,14,20H,8,18H2,(H,19,21)/t14-/m1/s1. The summed E-state index contributed by atoms with van der Waals surface area (Å²) in [5, 5.41) is 11.9. The van der Waals surface area contributed by atoms with E-state index >= 15 is 0 Å². The molecule has 0 heterocycles. The lowest BCUT2D eigenvalue weighted by Crippen LogP contribution is -2.31. The molecule has 0 fully saturated rings.